The van der Waals surface area contributed by atoms with Crippen LogP contribution in [0.3, 0.4) is 0 Å². The van der Waals surface area contributed by atoms with E-state index < -0.39 is 0 Å². The SMILES string of the molecule is N#Cc1ccccc1NC(=O)c1cc(NCCc2ccccc2)ncn1. The van der Waals surface area contributed by atoms with Gasteiger partial charge in [-0.3, -0.25) is 4.79 Å². The van der Waals surface area contributed by atoms with E-state index in [2.05, 4.69) is 32.7 Å². The van der Waals surface area contributed by atoms with Gasteiger partial charge in [0.05, 0.1) is 11.3 Å². The Morgan fingerprint density at radius 2 is 1.81 bits per heavy atom. The molecule has 1 heterocycles. The normalized spacial score (nSPS) is 9.96. The summed E-state index contributed by atoms with van der Waals surface area (Å²) in [5.74, 6) is 0.191. The predicted molar refractivity (Wildman–Crippen MR) is 99.8 cm³/mol. The minimum absolute atomic E-state index is 0.231. The van der Waals surface area contributed by atoms with Crippen LogP contribution < -0.4 is 10.6 Å². The first-order valence-electron chi connectivity index (χ1n) is 8.16. The number of aromatic nitrogens is 2. The average Bonchev–Trinajstić information content (AvgIpc) is 2.69. The summed E-state index contributed by atoms with van der Waals surface area (Å²) >= 11 is 0. The Bertz CT molecular complexity index is 934. The van der Waals surface area contributed by atoms with Crippen LogP contribution in [0.2, 0.25) is 0 Å². The standard InChI is InChI=1S/C20H17N5O/c21-13-16-8-4-5-9-17(16)25-20(26)18-12-19(24-14-23-18)22-11-10-15-6-2-1-3-7-15/h1-9,12,14H,10-11H2,(H,25,26)(H,22,23,24). The third kappa shape index (κ3) is 4.42. The van der Waals surface area contributed by atoms with Gasteiger partial charge in [-0.2, -0.15) is 5.26 Å². The molecule has 0 radical (unpaired) electrons. The molecule has 0 aliphatic carbocycles. The first kappa shape index (κ1) is 17.1. The van der Waals surface area contributed by atoms with Crippen LogP contribution in [-0.2, 0) is 6.42 Å². The van der Waals surface area contributed by atoms with Crippen LogP contribution in [0.4, 0.5) is 11.5 Å². The molecule has 0 unspecified atom stereocenters. The summed E-state index contributed by atoms with van der Waals surface area (Å²) in [6.45, 7) is 0.694. The lowest BCUT2D eigenvalue weighted by Gasteiger charge is -2.08. The second-order valence-corrected chi connectivity index (χ2v) is 5.56. The monoisotopic (exact) mass is 343 g/mol. The Hall–Kier alpha value is -3.72. The highest BCUT2D eigenvalue weighted by Gasteiger charge is 2.11. The van der Waals surface area contributed by atoms with Gasteiger partial charge in [-0.1, -0.05) is 42.5 Å². The van der Waals surface area contributed by atoms with Gasteiger partial charge < -0.3 is 10.6 Å². The molecule has 6 heteroatoms. The number of anilines is 2. The molecule has 1 amide bonds. The number of benzene rings is 2. The van der Waals surface area contributed by atoms with Crippen LogP contribution in [0.25, 0.3) is 0 Å². The molecule has 128 valence electrons. The fourth-order valence-corrected chi connectivity index (χ4v) is 2.43. The van der Waals surface area contributed by atoms with E-state index in [0.29, 0.717) is 23.6 Å². The molecule has 6 nitrogen and oxygen atoms in total. The van der Waals surface area contributed by atoms with E-state index in [9.17, 15) is 4.79 Å². The molecule has 0 saturated carbocycles. The zero-order valence-electron chi connectivity index (χ0n) is 14.0. The zero-order chi connectivity index (χ0) is 18.2. The van der Waals surface area contributed by atoms with Crippen LogP contribution in [0.5, 0.6) is 0 Å². The summed E-state index contributed by atoms with van der Waals surface area (Å²) in [4.78, 5) is 20.5. The van der Waals surface area contributed by atoms with Crippen molar-refractivity contribution in [3.63, 3.8) is 0 Å². The van der Waals surface area contributed by atoms with Gasteiger partial charge >= 0.3 is 0 Å². The molecule has 0 fully saturated rings. The van der Waals surface area contributed by atoms with Gasteiger partial charge in [0.2, 0.25) is 0 Å². The molecule has 0 aliphatic heterocycles. The molecule has 0 atom stereocenters. The first-order valence-corrected chi connectivity index (χ1v) is 8.16. The van der Waals surface area contributed by atoms with E-state index in [0.717, 1.165) is 6.42 Å². The van der Waals surface area contributed by atoms with Gasteiger partial charge in [0.1, 0.15) is 23.9 Å². The van der Waals surface area contributed by atoms with Crippen molar-refractivity contribution in [2.75, 3.05) is 17.2 Å². The van der Waals surface area contributed by atoms with Crippen molar-refractivity contribution in [1.29, 1.82) is 5.26 Å². The Morgan fingerprint density at radius 1 is 1.04 bits per heavy atom. The molecule has 3 aromatic rings. The average molecular weight is 343 g/mol. The van der Waals surface area contributed by atoms with Crippen LogP contribution in [0.1, 0.15) is 21.6 Å². The number of nitriles is 1. The number of para-hydroxylation sites is 1. The van der Waals surface area contributed by atoms with E-state index in [4.69, 9.17) is 5.26 Å². The highest BCUT2D eigenvalue weighted by molar-refractivity contribution is 6.03. The fourth-order valence-electron chi connectivity index (χ4n) is 2.43. The quantitative estimate of drug-likeness (QED) is 0.717. The molecule has 3 rings (SSSR count). The maximum atomic E-state index is 12.4. The molecule has 0 saturated heterocycles. The molecule has 2 aromatic carbocycles. The van der Waals surface area contributed by atoms with Gasteiger partial charge in [-0.05, 0) is 24.1 Å². The maximum absolute atomic E-state index is 12.4. The largest absolute Gasteiger partial charge is 0.370 e. The smallest absolute Gasteiger partial charge is 0.274 e. The lowest BCUT2D eigenvalue weighted by atomic mass is 10.1. The molecule has 0 bridgehead atoms. The topological polar surface area (TPSA) is 90.7 Å². The van der Waals surface area contributed by atoms with Crippen molar-refractivity contribution in [3.05, 3.63) is 83.8 Å². The van der Waals surface area contributed by atoms with Crippen molar-refractivity contribution in [2.24, 2.45) is 0 Å². The number of carbonyl (C=O) groups excluding carboxylic acids is 1. The predicted octanol–water partition coefficient (Wildman–Crippen LogP) is 3.26. The van der Waals surface area contributed by atoms with Gasteiger partial charge in [0, 0.05) is 12.6 Å². The van der Waals surface area contributed by atoms with E-state index in [1.807, 2.05) is 24.3 Å². The number of carbonyl (C=O) groups is 1. The maximum Gasteiger partial charge on any atom is 0.274 e. The van der Waals surface area contributed by atoms with Crippen LogP contribution in [0.15, 0.2) is 67.0 Å². The highest BCUT2D eigenvalue weighted by Crippen LogP contribution is 2.15. The van der Waals surface area contributed by atoms with Crippen molar-refractivity contribution >= 4 is 17.4 Å². The summed E-state index contributed by atoms with van der Waals surface area (Å²) in [6, 6.07) is 20.6. The van der Waals surface area contributed by atoms with Crippen molar-refractivity contribution in [3.8, 4) is 6.07 Å². The molecule has 26 heavy (non-hydrogen) atoms. The third-order valence-corrected chi connectivity index (χ3v) is 3.76. The molecular formula is C20H17N5O. The number of hydrogen-bond donors (Lipinski definition) is 2. The van der Waals surface area contributed by atoms with Crippen molar-refractivity contribution < 1.29 is 4.79 Å². The van der Waals surface area contributed by atoms with Crippen LogP contribution in [-0.4, -0.2) is 22.4 Å². The Balaban J connectivity index is 1.63. The van der Waals surface area contributed by atoms with Gasteiger partial charge in [0.25, 0.3) is 5.91 Å². The van der Waals surface area contributed by atoms with E-state index in [-0.39, 0.29) is 11.6 Å². The van der Waals surface area contributed by atoms with Gasteiger partial charge in [0.15, 0.2) is 0 Å². The van der Waals surface area contributed by atoms with E-state index in [1.54, 1.807) is 30.3 Å². The molecule has 1 aromatic heterocycles. The minimum atomic E-state index is -0.388. The number of amides is 1. The Labute approximate surface area is 151 Å². The summed E-state index contributed by atoms with van der Waals surface area (Å²) in [5.41, 5.74) is 2.31. The first-order chi connectivity index (χ1) is 12.8. The summed E-state index contributed by atoms with van der Waals surface area (Å²) in [5, 5.41) is 15.0. The number of hydrogen-bond acceptors (Lipinski definition) is 5. The molecule has 0 spiro atoms. The van der Waals surface area contributed by atoms with Gasteiger partial charge in [-0.15, -0.1) is 0 Å². The van der Waals surface area contributed by atoms with Crippen molar-refractivity contribution in [1.82, 2.24) is 9.97 Å². The van der Waals surface area contributed by atoms with E-state index >= 15 is 0 Å². The minimum Gasteiger partial charge on any atom is -0.370 e. The zero-order valence-corrected chi connectivity index (χ0v) is 14.0. The third-order valence-electron chi connectivity index (χ3n) is 3.76. The van der Waals surface area contributed by atoms with Crippen molar-refractivity contribution in [2.45, 2.75) is 6.42 Å². The van der Waals surface area contributed by atoms with Crippen LogP contribution >= 0.6 is 0 Å². The second kappa shape index (κ2) is 8.40. The Morgan fingerprint density at radius 3 is 2.62 bits per heavy atom. The molecular weight excluding hydrogens is 326 g/mol. The van der Waals surface area contributed by atoms with Gasteiger partial charge in [-0.25, -0.2) is 9.97 Å². The summed E-state index contributed by atoms with van der Waals surface area (Å²) in [7, 11) is 0. The lowest BCUT2D eigenvalue weighted by Crippen LogP contribution is -2.16. The highest BCUT2D eigenvalue weighted by atomic mass is 16.1. The number of nitrogens with zero attached hydrogens (tertiary/aromatic N) is 3. The summed E-state index contributed by atoms with van der Waals surface area (Å²) in [6.07, 6.45) is 2.19. The fraction of sp³-hybridized carbons (Fsp3) is 0.100. The van der Waals surface area contributed by atoms with E-state index in [1.165, 1.54) is 11.9 Å². The molecule has 0 aliphatic rings. The number of nitrogens with one attached hydrogen (secondary N) is 2. The number of rotatable bonds is 6. The van der Waals surface area contributed by atoms with Crippen LogP contribution in [0, 0.1) is 11.3 Å². The second-order valence-electron chi connectivity index (χ2n) is 5.56. The molecule has 2 N–H and O–H groups in total. The Kier molecular flexibility index (Phi) is 5.53. The summed E-state index contributed by atoms with van der Waals surface area (Å²) < 4.78 is 0. The lowest BCUT2D eigenvalue weighted by molar-refractivity contribution is 0.102.